The van der Waals surface area contributed by atoms with Crippen LogP contribution in [0.1, 0.15) is 13.8 Å². The Morgan fingerprint density at radius 1 is 0.950 bits per heavy atom. The van der Waals surface area contributed by atoms with Crippen molar-refractivity contribution in [2.75, 3.05) is 11.9 Å². The van der Waals surface area contributed by atoms with Gasteiger partial charge in [-0.15, -0.1) is 0 Å². The first-order valence-corrected chi connectivity index (χ1v) is 6.54. The molecule has 1 saturated heterocycles. The van der Waals surface area contributed by atoms with Gasteiger partial charge in [-0.2, -0.15) is 0 Å². The number of anilines is 1. The maximum Gasteiger partial charge on any atom is 0.332 e. The van der Waals surface area contributed by atoms with Crippen LogP contribution in [0.15, 0.2) is 42.5 Å². The number of carbonyl (C=O) groups excluding carboxylic acids is 2. The zero-order valence-electron chi connectivity index (χ0n) is 11.8. The maximum absolute atomic E-state index is 12.6. The summed E-state index contributed by atoms with van der Waals surface area (Å²) in [5.74, 6) is -0.193. The molecule has 0 spiro atoms. The molecule has 2 aromatic rings. The summed E-state index contributed by atoms with van der Waals surface area (Å²) in [6, 6.07) is 13.1. The molecule has 2 aromatic carbocycles. The zero-order chi connectivity index (χ0) is 14.5. The van der Waals surface area contributed by atoms with Gasteiger partial charge in [-0.25, -0.2) is 9.69 Å². The fourth-order valence-corrected chi connectivity index (χ4v) is 2.51. The third-order valence-corrected chi connectivity index (χ3v) is 4.05. The van der Waals surface area contributed by atoms with E-state index in [1.54, 1.807) is 20.9 Å². The van der Waals surface area contributed by atoms with E-state index in [9.17, 15) is 9.59 Å². The van der Waals surface area contributed by atoms with Crippen LogP contribution in [-0.4, -0.2) is 29.4 Å². The molecule has 3 amide bonds. The molecule has 4 nitrogen and oxygen atoms in total. The first-order valence-electron chi connectivity index (χ1n) is 6.54. The van der Waals surface area contributed by atoms with Gasteiger partial charge in [0.25, 0.3) is 5.91 Å². The van der Waals surface area contributed by atoms with Crippen molar-refractivity contribution in [1.29, 1.82) is 0 Å². The lowest BCUT2D eigenvalue weighted by Gasteiger charge is -2.22. The smallest absolute Gasteiger partial charge is 0.313 e. The van der Waals surface area contributed by atoms with Crippen molar-refractivity contribution in [3.8, 4) is 0 Å². The van der Waals surface area contributed by atoms with Gasteiger partial charge in [0.15, 0.2) is 0 Å². The van der Waals surface area contributed by atoms with Crippen molar-refractivity contribution >= 4 is 28.4 Å². The molecule has 20 heavy (non-hydrogen) atoms. The van der Waals surface area contributed by atoms with Gasteiger partial charge in [0, 0.05) is 12.4 Å². The van der Waals surface area contributed by atoms with Crippen LogP contribution in [-0.2, 0) is 4.79 Å². The summed E-state index contributed by atoms with van der Waals surface area (Å²) in [5.41, 5.74) is -0.163. The second kappa shape index (κ2) is 4.07. The lowest BCUT2D eigenvalue weighted by atomic mass is 10.0. The second-order valence-electron chi connectivity index (χ2n) is 5.54. The summed E-state index contributed by atoms with van der Waals surface area (Å²) in [6.45, 7) is 3.52. The molecule has 1 aliphatic rings. The number of amides is 3. The maximum atomic E-state index is 12.6. The molecule has 0 N–H and O–H groups in total. The molecular formula is C16H16N2O2. The number of nitrogens with zero attached hydrogens (tertiary/aromatic N) is 2. The van der Waals surface area contributed by atoms with Gasteiger partial charge < -0.3 is 4.90 Å². The number of hydrogen-bond acceptors (Lipinski definition) is 2. The van der Waals surface area contributed by atoms with Crippen molar-refractivity contribution in [3.63, 3.8) is 0 Å². The van der Waals surface area contributed by atoms with Gasteiger partial charge in [-0.3, -0.25) is 4.79 Å². The van der Waals surface area contributed by atoms with Crippen LogP contribution in [0, 0.1) is 0 Å². The van der Waals surface area contributed by atoms with E-state index in [4.69, 9.17) is 0 Å². The van der Waals surface area contributed by atoms with Crippen molar-refractivity contribution in [2.45, 2.75) is 19.4 Å². The summed E-state index contributed by atoms with van der Waals surface area (Å²) >= 11 is 0. The number of likely N-dealkylation sites (N-methyl/N-ethyl adjacent to an activating group) is 1. The normalized spacial score (nSPS) is 18.1. The number of benzene rings is 2. The zero-order valence-corrected chi connectivity index (χ0v) is 11.8. The highest BCUT2D eigenvalue weighted by atomic mass is 16.2. The summed E-state index contributed by atoms with van der Waals surface area (Å²) < 4.78 is 0. The van der Waals surface area contributed by atoms with E-state index in [0.717, 1.165) is 10.8 Å². The number of carbonyl (C=O) groups is 2. The molecule has 1 fully saturated rings. The summed E-state index contributed by atoms with van der Waals surface area (Å²) in [6.07, 6.45) is 0. The van der Waals surface area contributed by atoms with Crippen LogP contribution in [0.4, 0.5) is 10.5 Å². The van der Waals surface area contributed by atoms with Crippen LogP contribution in [0.25, 0.3) is 10.8 Å². The third-order valence-electron chi connectivity index (χ3n) is 4.05. The molecule has 0 atom stereocenters. The Kier molecular flexibility index (Phi) is 2.57. The summed E-state index contributed by atoms with van der Waals surface area (Å²) in [4.78, 5) is 27.7. The van der Waals surface area contributed by atoms with E-state index in [-0.39, 0.29) is 11.9 Å². The lowest BCUT2D eigenvalue weighted by Crippen LogP contribution is -2.41. The Hall–Kier alpha value is -2.36. The average molecular weight is 268 g/mol. The Balaban J connectivity index is 2.22. The van der Waals surface area contributed by atoms with Crippen molar-refractivity contribution < 1.29 is 9.59 Å². The first kappa shape index (κ1) is 12.7. The van der Waals surface area contributed by atoms with E-state index >= 15 is 0 Å². The van der Waals surface area contributed by atoms with Gasteiger partial charge in [0.05, 0.1) is 5.69 Å². The fraction of sp³-hybridized carbons (Fsp3) is 0.250. The predicted molar refractivity (Wildman–Crippen MR) is 78.7 cm³/mol. The first-order chi connectivity index (χ1) is 9.44. The SMILES string of the molecule is CN1C(=O)N(c2cccc3ccccc23)C(=O)C1(C)C. The van der Waals surface area contributed by atoms with Gasteiger partial charge in [0.2, 0.25) is 0 Å². The average Bonchev–Trinajstić information content (AvgIpc) is 2.60. The van der Waals surface area contributed by atoms with Crippen molar-refractivity contribution in [3.05, 3.63) is 42.5 Å². The molecule has 0 bridgehead atoms. The molecule has 0 aliphatic carbocycles. The Bertz CT molecular complexity index is 716. The van der Waals surface area contributed by atoms with Crippen LogP contribution in [0.2, 0.25) is 0 Å². The molecule has 1 heterocycles. The van der Waals surface area contributed by atoms with E-state index in [1.165, 1.54) is 9.80 Å². The standard InChI is InChI=1S/C16H16N2O2/c1-16(2)14(19)18(15(20)17(16)3)13-10-6-8-11-7-4-5-9-12(11)13/h4-10H,1-3H3. The largest absolute Gasteiger partial charge is 0.332 e. The molecule has 4 heteroatoms. The van der Waals surface area contributed by atoms with Crippen LogP contribution >= 0.6 is 0 Å². The number of hydrogen-bond donors (Lipinski definition) is 0. The van der Waals surface area contributed by atoms with E-state index in [0.29, 0.717) is 5.69 Å². The van der Waals surface area contributed by atoms with E-state index in [1.807, 2.05) is 42.5 Å². The molecule has 0 radical (unpaired) electrons. The van der Waals surface area contributed by atoms with Crippen LogP contribution in [0.5, 0.6) is 0 Å². The Morgan fingerprint density at radius 3 is 2.25 bits per heavy atom. The minimum Gasteiger partial charge on any atom is -0.313 e. The molecule has 0 saturated carbocycles. The van der Waals surface area contributed by atoms with Crippen LogP contribution in [0.3, 0.4) is 0 Å². The topological polar surface area (TPSA) is 40.6 Å². The van der Waals surface area contributed by atoms with Gasteiger partial charge in [-0.05, 0) is 25.3 Å². The van der Waals surface area contributed by atoms with Gasteiger partial charge in [0.1, 0.15) is 5.54 Å². The van der Waals surface area contributed by atoms with E-state index < -0.39 is 5.54 Å². The minimum atomic E-state index is -0.811. The monoisotopic (exact) mass is 268 g/mol. The highest BCUT2D eigenvalue weighted by molar-refractivity contribution is 6.25. The van der Waals surface area contributed by atoms with Crippen molar-refractivity contribution in [1.82, 2.24) is 4.90 Å². The quantitative estimate of drug-likeness (QED) is 0.746. The highest BCUT2D eigenvalue weighted by Crippen LogP contribution is 2.34. The Labute approximate surface area is 117 Å². The number of rotatable bonds is 1. The number of urea groups is 1. The lowest BCUT2D eigenvalue weighted by molar-refractivity contribution is -0.123. The summed E-state index contributed by atoms with van der Waals surface area (Å²) in [5, 5.41) is 1.92. The minimum absolute atomic E-state index is 0.193. The molecule has 1 aliphatic heterocycles. The molecule has 0 unspecified atom stereocenters. The third kappa shape index (κ3) is 1.54. The molecule has 0 aromatic heterocycles. The van der Waals surface area contributed by atoms with Gasteiger partial charge in [-0.1, -0.05) is 36.4 Å². The predicted octanol–water partition coefficient (Wildman–Crippen LogP) is 3.02. The molecular weight excluding hydrogens is 252 g/mol. The van der Waals surface area contributed by atoms with E-state index in [2.05, 4.69) is 0 Å². The van der Waals surface area contributed by atoms with Crippen LogP contribution < -0.4 is 4.90 Å². The summed E-state index contributed by atoms with van der Waals surface area (Å²) in [7, 11) is 1.66. The number of imide groups is 1. The Morgan fingerprint density at radius 2 is 1.60 bits per heavy atom. The van der Waals surface area contributed by atoms with Gasteiger partial charge >= 0.3 is 6.03 Å². The molecule has 102 valence electrons. The second-order valence-corrected chi connectivity index (χ2v) is 5.54. The highest BCUT2D eigenvalue weighted by Gasteiger charge is 2.50. The molecule has 3 rings (SSSR count). The number of fused-ring (bicyclic) bond motifs is 1. The fourth-order valence-electron chi connectivity index (χ4n) is 2.51. The van der Waals surface area contributed by atoms with Crippen molar-refractivity contribution in [2.24, 2.45) is 0 Å².